The Morgan fingerprint density at radius 1 is 1.19 bits per heavy atom. The lowest BCUT2D eigenvalue weighted by atomic mass is 10.0. The number of carboxylic acid groups (broad SMARTS) is 1. The highest BCUT2D eigenvalue weighted by molar-refractivity contribution is 5.69. The highest BCUT2D eigenvalue weighted by atomic mass is 16.4. The second kappa shape index (κ2) is 6.21. The maximum absolute atomic E-state index is 10.6. The zero-order chi connectivity index (χ0) is 12.1. The molecule has 0 aliphatic carbocycles. The van der Waals surface area contributed by atoms with E-state index in [0.29, 0.717) is 6.04 Å². The van der Waals surface area contributed by atoms with Crippen LogP contribution in [0.1, 0.15) is 27.2 Å². The second-order valence-corrected chi connectivity index (χ2v) is 5.18. The largest absolute Gasteiger partial charge is 0.480 e. The lowest BCUT2D eigenvalue weighted by molar-refractivity contribution is -0.138. The van der Waals surface area contributed by atoms with E-state index < -0.39 is 5.97 Å². The molecule has 1 rings (SSSR count). The van der Waals surface area contributed by atoms with Crippen molar-refractivity contribution >= 4 is 5.97 Å². The fourth-order valence-electron chi connectivity index (χ4n) is 2.38. The Kier molecular flexibility index (Phi) is 5.22. The topological polar surface area (TPSA) is 43.8 Å². The minimum absolute atomic E-state index is 0.187. The van der Waals surface area contributed by atoms with E-state index in [-0.39, 0.29) is 6.54 Å². The van der Waals surface area contributed by atoms with Gasteiger partial charge in [0.25, 0.3) is 0 Å². The Morgan fingerprint density at radius 2 is 1.75 bits per heavy atom. The summed E-state index contributed by atoms with van der Waals surface area (Å²) in [6.45, 7) is 10.7. The van der Waals surface area contributed by atoms with E-state index in [0.717, 1.165) is 32.1 Å². The Morgan fingerprint density at radius 3 is 2.19 bits per heavy atom. The van der Waals surface area contributed by atoms with E-state index in [1.165, 1.54) is 6.42 Å². The molecular weight excluding hydrogens is 204 g/mol. The molecule has 1 unspecified atom stereocenters. The molecule has 1 N–H and O–H groups in total. The van der Waals surface area contributed by atoms with Crippen molar-refractivity contribution in [3.63, 3.8) is 0 Å². The number of rotatable bonds is 5. The van der Waals surface area contributed by atoms with Crippen molar-refractivity contribution < 1.29 is 9.90 Å². The van der Waals surface area contributed by atoms with Gasteiger partial charge in [0.1, 0.15) is 0 Å². The molecule has 0 amide bonds. The van der Waals surface area contributed by atoms with Gasteiger partial charge in [0, 0.05) is 32.2 Å². The molecule has 1 fully saturated rings. The maximum Gasteiger partial charge on any atom is 0.317 e. The number of hydrogen-bond acceptors (Lipinski definition) is 3. The summed E-state index contributed by atoms with van der Waals surface area (Å²) in [5.74, 6) is 0.00993. The molecule has 94 valence electrons. The van der Waals surface area contributed by atoms with Gasteiger partial charge in [-0.1, -0.05) is 13.8 Å². The van der Waals surface area contributed by atoms with Crippen LogP contribution in [-0.2, 0) is 4.79 Å². The van der Waals surface area contributed by atoms with E-state index in [1.807, 2.05) is 4.90 Å². The Balaban J connectivity index is 2.28. The fraction of sp³-hybridized carbons (Fsp3) is 0.917. The summed E-state index contributed by atoms with van der Waals surface area (Å²) in [7, 11) is 0. The average Bonchev–Trinajstić information content (AvgIpc) is 2.16. The van der Waals surface area contributed by atoms with Crippen LogP contribution >= 0.6 is 0 Å². The zero-order valence-electron chi connectivity index (χ0n) is 10.6. The molecular formula is C12H24N2O2. The van der Waals surface area contributed by atoms with Crippen LogP contribution in [0.2, 0.25) is 0 Å². The second-order valence-electron chi connectivity index (χ2n) is 5.18. The number of carboxylic acids is 1. The van der Waals surface area contributed by atoms with Crippen molar-refractivity contribution in [1.82, 2.24) is 9.80 Å². The predicted octanol–water partition coefficient (Wildman–Crippen LogP) is 1.12. The van der Waals surface area contributed by atoms with E-state index in [4.69, 9.17) is 5.11 Å². The Bertz CT molecular complexity index is 223. The summed E-state index contributed by atoms with van der Waals surface area (Å²) in [6, 6.07) is 0.618. The van der Waals surface area contributed by atoms with Gasteiger partial charge in [-0.25, -0.2) is 0 Å². The Labute approximate surface area is 98.2 Å². The first-order valence-corrected chi connectivity index (χ1v) is 6.17. The van der Waals surface area contributed by atoms with Crippen LogP contribution in [0.25, 0.3) is 0 Å². The van der Waals surface area contributed by atoms with Gasteiger partial charge >= 0.3 is 5.97 Å². The van der Waals surface area contributed by atoms with Crippen LogP contribution in [0.15, 0.2) is 0 Å². The number of carbonyl (C=O) groups is 1. The van der Waals surface area contributed by atoms with Crippen LogP contribution in [0.4, 0.5) is 0 Å². The highest BCUT2D eigenvalue weighted by Gasteiger charge is 2.22. The molecule has 1 heterocycles. The lowest BCUT2D eigenvalue weighted by Crippen LogP contribution is -2.50. The van der Waals surface area contributed by atoms with Gasteiger partial charge in [-0.15, -0.1) is 0 Å². The monoisotopic (exact) mass is 228 g/mol. The summed E-state index contributed by atoms with van der Waals surface area (Å²) in [5.41, 5.74) is 0. The van der Waals surface area contributed by atoms with Gasteiger partial charge in [0.05, 0.1) is 6.54 Å². The van der Waals surface area contributed by atoms with Gasteiger partial charge in [-0.2, -0.15) is 0 Å². The SMILES string of the molecule is CC(C)CC(C)N1CCN(CC(=O)O)CC1. The van der Waals surface area contributed by atoms with Gasteiger partial charge in [0.2, 0.25) is 0 Å². The highest BCUT2D eigenvalue weighted by Crippen LogP contribution is 2.13. The van der Waals surface area contributed by atoms with Crippen molar-refractivity contribution in [2.45, 2.75) is 33.2 Å². The third-order valence-electron chi connectivity index (χ3n) is 3.20. The van der Waals surface area contributed by atoms with E-state index in [1.54, 1.807) is 0 Å². The van der Waals surface area contributed by atoms with Gasteiger partial charge in [0.15, 0.2) is 0 Å². The standard InChI is InChI=1S/C12H24N2O2/c1-10(2)8-11(3)14-6-4-13(5-7-14)9-12(15)16/h10-11H,4-9H2,1-3H3,(H,15,16). The summed E-state index contributed by atoms with van der Waals surface area (Å²) in [6.07, 6.45) is 1.22. The van der Waals surface area contributed by atoms with Crippen molar-refractivity contribution in [2.24, 2.45) is 5.92 Å². The molecule has 0 radical (unpaired) electrons. The van der Waals surface area contributed by atoms with Crippen LogP contribution in [0.5, 0.6) is 0 Å². The molecule has 1 aliphatic heterocycles. The first kappa shape index (κ1) is 13.5. The number of nitrogens with zero attached hydrogens (tertiary/aromatic N) is 2. The van der Waals surface area contributed by atoms with Crippen LogP contribution in [0, 0.1) is 5.92 Å². The molecule has 4 heteroatoms. The molecule has 0 bridgehead atoms. The summed E-state index contributed by atoms with van der Waals surface area (Å²) < 4.78 is 0. The third-order valence-corrected chi connectivity index (χ3v) is 3.20. The van der Waals surface area contributed by atoms with Crippen molar-refractivity contribution in [3.8, 4) is 0 Å². The fourth-order valence-corrected chi connectivity index (χ4v) is 2.38. The predicted molar refractivity (Wildman–Crippen MR) is 64.6 cm³/mol. The molecule has 0 aromatic rings. The maximum atomic E-state index is 10.6. The molecule has 0 aromatic carbocycles. The quantitative estimate of drug-likeness (QED) is 0.766. The molecule has 1 saturated heterocycles. The number of aliphatic carboxylic acids is 1. The first-order valence-electron chi connectivity index (χ1n) is 6.17. The number of hydrogen-bond donors (Lipinski definition) is 1. The van der Waals surface area contributed by atoms with Crippen molar-refractivity contribution in [3.05, 3.63) is 0 Å². The smallest absolute Gasteiger partial charge is 0.317 e. The van der Waals surface area contributed by atoms with Crippen molar-refractivity contribution in [1.29, 1.82) is 0 Å². The molecule has 1 atom stereocenters. The average molecular weight is 228 g/mol. The third kappa shape index (κ3) is 4.49. The van der Waals surface area contributed by atoms with E-state index in [9.17, 15) is 4.79 Å². The minimum atomic E-state index is -0.719. The number of piperazine rings is 1. The first-order chi connectivity index (χ1) is 7.49. The molecule has 0 spiro atoms. The summed E-state index contributed by atoms with van der Waals surface area (Å²) in [4.78, 5) is 15.1. The molecule has 0 saturated carbocycles. The van der Waals surface area contributed by atoms with Crippen LogP contribution in [0.3, 0.4) is 0 Å². The van der Waals surface area contributed by atoms with Gasteiger partial charge in [-0.05, 0) is 19.3 Å². The molecule has 16 heavy (non-hydrogen) atoms. The van der Waals surface area contributed by atoms with Gasteiger partial charge in [-0.3, -0.25) is 14.6 Å². The van der Waals surface area contributed by atoms with Crippen LogP contribution < -0.4 is 0 Å². The molecule has 0 aromatic heterocycles. The molecule has 4 nitrogen and oxygen atoms in total. The van der Waals surface area contributed by atoms with Crippen molar-refractivity contribution in [2.75, 3.05) is 32.7 Å². The Hall–Kier alpha value is -0.610. The lowest BCUT2D eigenvalue weighted by Gasteiger charge is -2.38. The summed E-state index contributed by atoms with van der Waals surface area (Å²) >= 11 is 0. The van der Waals surface area contributed by atoms with Gasteiger partial charge < -0.3 is 5.11 Å². The minimum Gasteiger partial charge on any atom is -0.480 e. The van der Waals surface area contributed by atoms with E-state index >= 15 is 0 Å². The normalized spacial score (nSPS) is 21.2. The van der Waals surface area contributed by atoms with E-state index in [2.05, 4.69) is 25.7 Å². The van der Waals surface area contributed by atoms with Crippen LogP contribution in [-0.4, -0.2) is 59.6 Å². The zero-order valence-corrected chi connectivity index (χ0v) is 10.6. The molecule has 1 aliphatic rings. The summed E-state index contributed by atoms with van der Waals surface area (Å²) in [5, 5.41) is 8.70.